The topological polar surface area (TPSA) is 138 Å². The second kappa shape index (κ2) is 5.72. The first-order valence-electron chi connectivity index (χ1n) is 5.59. The Bertz CT molecular complexity index is 313. The third kappa shape index (κ3) is 3.14. The monoisotopic (exact) mass is 281 g/mol. The van der Waals surface area contributed by atoms with Gasteiger partial charge in [0.15, 0.2) is 5.37 Å². The van der Waals surface area contributed by atoms with Gasteiger partial charge in [0.2, 0.25) is 0 Å². The Balaban J connectivity index is 2.73. The molecule has 0 unspecified atom stereocenters. The molecule has 0 radical (unpaired) electrons. The van der Waals surface area contributed by atoms with Crippen molar-refractivity contribution in [3.05, 3.63) is 0 Å². The van der Waals surface area contributed by atoms with E-state index < -0.39 is 47.1 Å². The van der Waals surface area contributed by atoms with Gasteiger partial charge in [-0.15, -0.1) is 0 Å². The van der Waals surface area contributed by atoms with Gasteiger partial charge in [0.1, 0.15) is 30.3 Å². The number of nitrogens with two attached hydrogens (primary N) is 1. The second-order valence-electron chi connectivity index (χ2n) is 4.91. The lowest BCUT2D eigenvalue weighted by atomic mass is 10.0. The lowest BCUT2D eigenvalue weighted by Crippen LogP contribution is -2.97. The summed E-state index contributed by atoms with van der Waals surface area (Å²) >= 11 is 1.19. The smallest absolute Gasteiger partial charge is 0.163 e. The standard InChI is InChI=1S/C10H19NO6S/c1-10(2)7(9(16)17)11-8(18-10)6(15)5(14)4(13)3-12/h4-8,11-15H,3H2,1-2H3,(H,16,17)/t4-,5-,6+,7+,8+/m1/s1. The number of carboxylic acids is 1. The highest BCUT2D eigenvalue weighted by atomic mass is 32.2. The highest BCUT2D eigenvalue weighted by molar-refractivity contribution is 8.01. The molecule has 0 saturated carbocycles. The van der Waals surface area contributed by atoms with Gasteiger partial charge >= 0.3 is 0 Å². The summed E-state index contributed by atoms with van der Waals surface area (Å²) in [6, 6.07) is -0.847. The predicted molar refractivity (Wildman–Crippen MR) is 61.3 cm³/mol. The van der Waals surface area contributed by atoms with Crippen molar-refractivity contribution in [3.63, 3.8) is 0 Å². The molecule has 1 saturated heterocycles. The number of carboxylic acid groups (broad SMARTS) is 1. The maximum Gasteiger partial charge on any atom is 0.163 e. The highest BCUT2D eigenvalue weighted by Crippen LogP contribution is 2.35. The van der Waals surface area contributed by atoms with Gasteiger partial charge in [-0.1, -0.05) is 11.8 Å². The van der Waals surface area contributed by atoms with Crippen molar-refractivity contribution in [2.75, 3.05) is 6.61 Å². The van der Waals surface area contributed by atoms with Crippen molar-refractivity contribution in [1.82, 2.24) is 0 Å². The lowest BCUT2D eigenvalue weighted by molar-refractivity contribution is -0.697. The minimum atomic E-state index is -1.53. The molecule has 1 fully saturated rings. The minimum absolute atomic E-state index is 0.640. The molecule has 0 amide bonds. The first kappa shape index (κ1) is 15.7. The van der Waals surface area contributed by atoms with Crippen LogP contribution in [-0.4, -0.2) is 67.5 Å². The normalized spacial score (nSPS) is 31.9. The molecule has 0 aliphatic carbocycles. The third-order valence-corrected chi connectivity index (χ3v) is 4.66. The number of aliphatic carboxylic acids is 1. The van der Waals surface area contributed by atoms with Gasteiger partial charge in [-0.25, -0.2) is 0 Å². The van der Waals surface area contributed by atoms with Crippen LogP contribution in [0, 0.1) is 0 Å². The van der Waals surface area contributed by atoms with Crippen molar-refractivity contribution in [2.24, 2.45) is 0 Å². The summed E-state index contributed by atoms with van der Waals surface area (Å²) in [5.41, 5.74) is 0. The number of hydrogen-bond donors (Lipinski definition) is 5. The van der Waals surface area contributed by atoms with Crippen molar-refractivity contribution in [1.29, 1.82) is 0 Å². The van der Waals surface area contributed by atoms with Gasteiger partial charge < -0.3 is 35.6 Å². The van der Waals surface area contributed by atoms with Crippen molar-refractivity contribution >= 4 is 17.7 Å². The average Bonchev–Trinajstić information content (AvgIpc) is 2.62. The van der Waals surface area contributed by atoms with Gasteiger partial charge in [0.05, 0.1) is 11.4 Å². The summed E-state index contributed by atoms with van der Waals surface area (Å²) in [5, 5.41) is 49.1. The molecule has 0 spiro atoms. The van der Waals surface area contributed by atoms with Gasteiger partial charge in [0, 0.05) is 0 Å². The Kier molecular flexibility index (Phi) is 4.98. The fraction of sp³-hybridized carbons (Fsp3) is 0.900. The largest absolute Gasteiger partial charge is 0.544 e. The highest BCUT2D eigenvalue weighted by Gasteiger charge is 2.50. The molecule has 18 heavy (non-hydrogen) atoms. The number of carbonyl (C=O) groups excluding carboxylic acids is 1. The van der Waals surface area contributed by atoms with Crippen LogP contribution in [0.15, 0.2) is 0 Å². The summed E-state index contributed by atoms with van der Waals surface area (Å²) < 4.78 is -0.658. The minimum Gasteiger partial charge on any atom is -0.544 e. The molecule has 0 bridgehead atoms. The number of thioether (sulfide) groups is 1. The Morgan fingerprint density at radius 3 is 2.39 bits per heavy atom. The average molecular weight is 281 g/mol. The van der Waals surface area contributed by atoms with Crippen LogP contribution in [0.25, 0.3) is 0 Å². The van der Waals surface area contributed by atoms with Gasteiger partial charge in [-0.3, -0.25) is 0 Å². The molecule has 1 aliphatic heterocycles. The molecular formula is C10H19NO6S. The first-order valence-corrected chi connectivity index (χ1v) is 6.47. The molecule has 7 nitrogen and oxygen atoms in total. The van der Waals surface area contributed by atoms with E-state index in [9.17, 15) is 25.2 Å². The summed E-state index contributed by atoms with van der Waals surface area (Å²) in [6.45, 7) is 2.73. The zero-order valence-electron chi connectivity index (χ0n) is 10.2. The van der Waals surface area contributed by atoms with Crippen molar-refractivity contribution < 1.29 is 35.6 Å². The SMILES string of the molecule is CC1(C)S[C@@H]([C@@H](O)[C@H](O)[C@H](O)CO)[NH2+][C@H]1C(=O)[O-]. The zero-order valence-corrected chi connectivity index (χ0v) is 11.0. The van der Waals surface area contributed by atoms with Crippen LogP contribution in [0.3, 0.4) is 0 Å². The lowest BCUT2D eigenvalue weighted by Gasteiger charge is -2.24. The summed E-state index contributed by atoms with van der Waals surface area (Å²) in [6.07, 6.45) is -4.33. The summed E-state index contributed by atoms with van der Waals surface area (Å²) in [7, 11) is 0. The molecular weight excluding hydrogens is 262 g/mol. The van der Waals surface area contributed by atoms with E-state index in [0.717, 1.165) is 0 Å². The number of hydrogen-bond acceptors (Lipinski definition) is 7. The van der Waals surface area contributed by atoms with E-state index in [-0.39, 0.29) is 0 Å². The molecule has 0 aromatic carbocycles. The van der Waals surface area contributed by atoms with Crippen LogP contribution in [0.5, 0.6) is 0 Å². The number of rotatable bonds is 5. The van der Waals surface area contributed by atoms with E-state index in [1.54, 1.807) is 13.8 Å². The van der Waals surface area contributed by atoms with Gasteiger partial charge in [-0.2, -0.15) is 0 Å². The Labute approximate surface area is 109 Å². The third-order valence-electron chi connectivity index (χ3n) is 3.09. The zero-order chi connectivity index (χ0) is 14.1. The van der Waals surface area contributed by atoms with Crippen LogP contribution in [0.2, 0.25) is 0 Å². The van der Waals surface area contributed by atoms with E-state index in [2.05, 4.69) is 0 Å². The Hall–Kier alpha value is -0.380. The van der Waals surface area contributed by atoms with Crippen molar-refractivity contribution in [2.45, 2.75) is 48.3 Å². The first-order chi connectivity index (χ1) is 8.20. The van der Waals surface area contributed by atoms with E-state index in [1.807, 2.05) is 0 Å². The van der Waals surface area contributed by atoms with Crippen molar-refractivity contribution in [3.8, 4) is 0 Å². The molecule has 106 valence electrons. The summed E-state index contributed by atoms with van der Waals surface area (Å²) in [5.74, 6) is -1.24. The predicted octanol–water partition coefficient (Wildman–Crippen LogP) is -4.41. The molecule has 6 N–H and O–H groups in total. The van der Waals surface area contributed by atoms with Crippen LogP contribution in [0.1, 0.15) is 13.8 Å². The quantitative estimate of drug-likeness (QED) is 0.343. The fourth-order valence-corrected chi connectivity index (χ4v) is 3.52. The number of aliphatic hydroxyl groups is 4. The van der Waals surface area contributed by atoms with Crippen LogP contribution >= 0.6 is 11.8 Å². The molecule has 1 heterocycles. The Morgan fingerprint density at radius 2 is 2.00 bits per heavy atom. The molecule has 0 aromatic rings. The van der Waals surface area contributed by atoms with Gasteiger partial charge in [0.25, 0.3) is 0 Å². The van der Waals surface area contributed by atoms with E-state index in [4.69, 9.17) is 5.11 Å². The maximum absolute atomic E-state index is 11.0. The molecule has 0 aromatic heterocycles. The van der Waals surface area contributed by atoms with Crippen LogP contribution < -0.4 is 10.4 Å². The number of carbonyl (C=O) groups is 1. The Morgan fingerprint density at radius 1 is 1.44 bits per heavy atom. The van der Waals surface area contributed by atoms with E-state index in [0.29, 0.717) is 0 Å². The second-order valence-corrected chi connectivity index (χ2v) is 6.74. The molecule has 1 aliphatic rings. The van der Waals surface area contributed by atoms with Crippen LogP contribution in [-0.2, 0) is 4.79 Å². The number of aliphatic hydroxyl groups excluding tert-OH is 4. The fourth-order valence-electron chi connectivity index (χ4n) is 1.96. The van der Waals surface area contributed by atoms with E-state index >= 15 is 0 Å². The summed E-state index contributed by atoms with van der Waals surface area (Å²) in [4.78, 5) is 11.0. The van der Waals surface area contributed by atoms with E-state index in [1.165, 1.54) is 17.1 Å². The van der Waals surface area contributed by atoms with Crippen LogP contribution in [0.4, 0.5) is 0 Å². The molecule has 8 heteroatoms. The molecule has 1 rings (SSSR count). The molecule has 5 atom stereocenters. The van der Waals surface area contributed by atoms with Gasteiger partial charge in [-0.05, 0) is 13.8 Å². The number of quaternary nitrogens is 1. The maximum atomic E-state index is 11.0.